The number of hydrogen-bond donors (Lipinski definition) is 3. The van der Waals surface area contributed by atoms with Crippen LogP contribution in [0.4, 0.5) is 0 Å². The van der Waals surface area contributed by atoms with Crippen LogP contribution in [0.25, 0.3) is 0 Å². The van der Waals surface area contributed by atoms with Crippen LogP contribution in [-0.2, 0) is 11.3 Å². The number of nitrogens with one attached hydrogen (secondary N) is 1. The number of likely N-dealkylation sites (tertiary alicyclic amines) is 1. The molecule has 5 nitrogen and oxygen atoms in total. The Labute approximate surface area is 112 Å². The molecule has 104 valence electrons. The largest absolute Gasteiger partial charge is 0.508 e. The van der Waals surface area contributed by atoms with Gasteiger partial charge in [0.15, 0.2) is 0 Å². The molecule has 0 unspecified atom stereocenters. The monoisotopic (exact) mass is 264 g/mol. The van der Waals surface area contributed by atoms with E-state index in [0.29, 0.717) is 18.2 Å². The van der Waals surface area contributed by atoms with Crippen LogP contribution in [0.15, 0.2) is 24.3 Å². The van der Waals surface area contributed by atoms with Crippen molar-refractivity contribution in [3.8, 4) is 5.75 Å². The fourth-order valence-electron chi connectivity index (χ4n) is 2.45. The van der Waals surface area contributed by atoms with Crippen LogP contribution in [-0.4, -0.2) is 47.3 Å². The molecule has 1 aliphatic heterocycles. The highest BCUT2D eigenvalue weighted by molar-refractivity contribution is 5.76. The lowest BCUT2D eigenvalue weighted by molar-refractivity contribution is -0.123. The van der Waals surface area contributed by atoms with Crippen molar-refractivity contribution in [2.24, 2.45) is 5.92 Å². The topological polar surface area (TPSA) is 72.8 Å². The summed E-state index contributed by atoms with van der Waals surface area (Å²) in [5.41, 5.74) is 1.10. The van der Waals surface area contributed by atoms with Crippen molar-refractivity contribution in [1.29, 1.82) is 0 Å². The van der Waals surface area contributed by atoms with Gasteiger partial charge in [0.25, 0.3) is 0 Å². The Kier molecular flexibility index (Phi) is 4.76. The lowest BCUT2D eigenvalue weighted by atomic mass is 10.1. The number of aliphatic hydroxyl groups excluding tert-OH is 1. The van der Waals surface area contributed by atoms with Gasteiger partial charge in [-0.3, -0.25) is 9.69 Å². The van der Waals surface area contributed by atoms with Gasteiger partial charge in [-0.1, -0.05) is 12.1 Å². The smallest absolute Gasteiger partial charge is 0.245 e. The number of hydrogen-bond acceptors (Lipinski definition) is 4. The summed E-state index contributed by atoms with van der Waals surface area (Å²) in [4.78, 5) is 13.3. The Hall–Kier alpha value is -1.59. The quantitative estimate of drug-likeness (QED) is 0.716. The highest BCUT2D eigenvalue weighted by atomic mass is 16.3. The van der Waals surface area contributed by atoms with Gasteiger partial charge in [-0.25, -0.2) is 0 Å². The fraction of sp³-hybridized carbons (Fsp3) is 0.500. The van der Waals surface area contributed by atoms with Crippen molar-refractivity contribution in [1.82, 2.24) is 10.2 Å². The normalized spacial score (nSPS) is 19.5. The van der Waals surface area contributed by atoms with E-state index < -0.39 is 6.61 Å². The first-order valence-electron chi connectivity index (χ1n) is 6.55. The van der Waals surface area contributed by atoms with E-state index in [1.165, 1.54) is 0 Å². The Morgan fingerprint density at radius 1 is 1.47 bits per heavy atom. The first-order valence-corrected chi connectivity index (χ1v) is 6.55. The number of aliphatic hydroxyl groups is 1. The number of benzene rings is 1. The second-order valence-corrected chi connectivity index (χ2v) is 5.02. The van der Waals surface area contributed by atoms with E-state index >= 15 is 0 Å². The Bertz CT molecular complexity index is 436. The second-order valence-electron chi connectivity index (χ2n) is 5.02. The van der Waals surface area contributed by atoms with Crippen LogP contribution in [0.2, 0.25) is 0 Å². The number of phenolic OH excluding ortho intramolecular Hbond substituents is 1. The highest BCUT2D eigenvalue weighted by Gasteiger charge is 2.22. The van der Waals surface area contributed by atoms with Gasteiger partial charge in [-0.05, 0) is 36.6 Å². The second kappa shape index (κ2) is 6.54. The van der Waals surface area contributed by atoms with Gasteiger partial charge in [0.2, 0.25) is 5.91 Å². The molecule has 1 heterocycles. The molecule has 1 aromatic rings. The van der Waals surface area contributed by atoms with Gasteiger partial charge in [-0.2, -0.15) is 0 Å². The summed E-state index contributed by atoms with van der Waals surface area (Å²) in [7, 11) is 0. The highest BCUT2D eigenvalue weighted by Crippen LogP contribution is 2.19. The first kappa shape index (κ1) is 13.8. The molecule has 0 aliphatic carbocycles. The number of aromatic hydroxyl groups is 1. The number of nitrogens with zero attached hydrogens (tertiary/aromatic N) is 1. The van der Waals surface area contributed by atoms with Crippen molar-refractivity contribution in [2.75, 3.05) is 26.2 Å². The zero-order valence-electron chi connectivity index (χ0n) is 10.9. The number of amides is 1. The predicted octanol–water partition coefficient (Wildman–Crippen LogP) is 0.323. The van der Waals surface area contributed by atoms with Crippen molar-refractivity contribution in [2.45, 2.75) is 13.0 Å². The molecule has 0 aromatic heterocycles. The molecule has 0 bridgehead atoms. The third kappa shape index (κ3) is 4.22. The molecule has 3 N–H and O–H groups in total. The third-order valence-corrected chi connectivity index (χ3v) is 3.42. The van der Waals surface area contributed by atoms with Gasteiger partial charge in [0, 0.05) is 19.6 Å². The van der Waals surface area contributed by atoms with Gasteiger partial charge in [0.1, 0.15) is 12.4 Å². The van der Waals surface area contributed by atoms with E-state index in [9.17, 15) is 9.90 Å². The summed E-state index contributed by atoms with van der Waals surface area (Å²) in [6, 6.07) is 7.29. The molecular formula is C14H20N2O3. The van der Waals surface area contributed by atoms with Crippen LogP contribution in [0.3, 0.4) is 0 Å². The minimum atomic E-state index is -0.445. The summed E-state index contributed by atoms with van der Waals surface area (Å²) in [5, 5.41) is 20.8. The van der Waals surface area contributed by atoms with Crippen LogP contribution in [0.1, 0.15) is 12.0 Å². The van der Waals surface area contributed by atoms with Crippen LogP contribution in [0, 0.1) is 5.92 Å². The molecule has 2 rings (SSSR count). The molecule has 1 fully saturated rings. The van der Waals surface area contributed by atoms with Gasteiger partial charge < -0.3 is 15.5 Å². The van der Waals surface area contributed by atoms with Crippen molar-refractivity contribution < 1.29 is 15.0 Å². The lowest BCUT2D eigenvalue weighted by Gasteiger charge is -2.16. The number of carbonyl (C=O) groups excluding carboxylic acids is 1. The van der Waals surface area contributed by atoms with Crippen molar-refractivity contribution in [3.63, 3.8) is 0 Å². The van der Waals surface area contributed by atoms with Crippen LogP contribution >= 0.6 is 0 Å². The number of rotatable bonds is 5. The summed E-state index contributed by atoms with van der Waals surface area (Å²) in [6.45, 7) is 2.92. The lowest BCUT2D eigenvalue weighted by Crippen LogP contribution is -2.32. The predicted molar refractivity (Wildman–Crippen MR) is 71.6 cm³/mol. The molecule has 0 spiro atoms. The first-order chi connectivity index (χ1) is 9.17. The fourth-order valence-corrected chi connectivity index (χ4v) is 2.45. The maximum absolute atomic E-state index is 11.0. The zero-order valence-corrected chi connectivity index (χ0v) is 10.9. The Balaban J connectivity index is 1.77. The van der Waals surface area contributed by atoms with E-state index in [4.69, 9.17) is 5.11 Å². The van der Waals surface area contributed by atoms with Crippen LogP contribution < -0.4 is 5.32 Å². The van der Waals surface area contributed by atoms with E-state index in [-0.39, 0.29) is 5.91 Å². The van der Waals surface area contributed by atoms with E-state index in [1.807, 2.05) is 12.1 Å². The Morgan fingerprint density at radius 3 is 3.05 bits per heavy atom. The Morgan fingerprint density at radius 2 is 2.32 bits per heavy atom. The average Bonchev–Trinajstić information content (AvgIpc) is 2.83. The zero-order chi connectivity index (χ0) is 13.7. The molecule has 1 atom stereocenters. The maximum atomic E-state index is 11.0. The standard InChI is InChI=1S/C14H20N2O3/c17-10-14(19)15-7-12-4-5-16(9-12)8-11-2-1-3-13(18)6-11/h1-3,6,12,17-18H,4-5,7-10H2,(H,15,19)/t12-/m0/s1. The molecular weight excluding hydrogens is 244 g/mol. The summed E-state index contributed by atoms with van der Waals surface area (Å²) >= 11 is 0. The van der Waals surface area contributed by atoms with Crippen molar-refractivity contribution >= 4 is 5.91 Å². The number of phenols is 1. The summed E-state index contributed by atoms with van der Waals surface area (Å²) < 4.78 is 0. The minimum Gasteiger partial charge on any atom is -0.508 e. The third-order valence-electron chi connectivity index (χ3n) is 3.42. The minimum absolute atomic E-state index is 0.295. The van der Waals surface area contributed by atoms with Crippen molar-refractivity contribution in [3.05, 3.63) is 29.8 Å². The molecule has 19 heavy (non-hydrogen) atoms. The molecule has 1 aliphatic rings. The average molecular weight is 264 g/mol. The summed E-state index contributed by atoms with van der Waals surface area (Å²) in [6.07, 6.45) is 1.05. The molecule has 1 saturated heterocycles. The SMILES string of the molecule is O=C(CO)NC[C@@H]1CCN(Cc2cccc(O)c2)C1. The van der Waals surface area contributed by atoms with E-state index in [1.54, 1.807) is 12.1 Å². The molecule has 0 saturated carbocycles. The summed E-state index contributed by atoms with van der Waals surface area (Å²) in [5.74, 6) is 0.419. The van der Waals surface area contributed by atoms with Gasteiger partial charge in [-0.15, -0.1) is 0 Å². The van der Waals surface area contributed by atoms with Crippen LogP contribution in [0.5, 0.6) is 5.75 Å². The molecule has 0 radical (unpaired) electrons. The van der Waals surface area contributed by atoms with E-state index in [2.05, 4.69) is 10.2 Å². The molecule has 5 heteroatoms. The number of carbonyl (C=O) groups is 1. The van der Waals surface area contributed by atoms with Gasteiger partial charge in [0.05, 0.1) is 0 Å². The molecule has 1 aromatic carbocycles. The van der Waals surface area contributed by atoms with E-state index in [0.717, 1.165) is 31.6 Å². The van der Waals surface area contributed by atoms with Gasteiger partial charge >= 0.3 is 0 Å². The maximum Gasteiger partial charge on any atom is 0.245 e. The molecule has 1 amide bonds.